The summed E-state index contributed by atoms with van der Waals surface area (Å²) in [6, 6.07) is 7.85. The van der Waals surface area contributed by atoms with Gasteiger partial charge in [0.1, 0.15) is 6.10 Å². The molecule has 5 heteroatoms. The van der Waals surface area contributed by atoms with Gasteiger partial charge in [0.15, 0.2) is 0 Å². The van der Waals surface area contributed by atoms with E-state index >= 15 is 0 Å². The Balaban J connectivity index is 1.65. The number of halogens is 1. The van der Waals surface area contributed by atoms with Crippen LogP contribution in [0.3, 0.4) is 0 Å². The Morgan fingerprint density at radius 2 is 2.23 bits per heavy atom. The number of rotatable bonds is 4. The van der Waals surface area contributed by atoms with Gasteiger partial charge in [-0.05, 0) is 30.9 Å². The zero-order chi connectivity index (χ0) is 15.5. The Kier molecular flexibility index (Phi) is 5.01. The molecule has 1 aromatic rings. The molecule has 1 saturated heterocycles. The highest BCUT2D eigenvalue weighted by molar-refractivity contribution is 6.31. The molecule has 22 heavy (non-hydrogen) atoms. The second-order valence-electron chi connectivity index (χ2n) is 5.93. The summed E-state index contributed by atoms with van der Waals surface area (Å²) >= 11 is 6.16. The molecule has 2 fully saturated rings. The molecule has 120 valence electrons. The lowest BCUT2D eigenvalue weighted by atomic mass is 10.1. The maximum absolute atomic E-state index is 12.7. The molecule has 1 aliphatic heterocycles. The van der Waals surface area contributed by atoms with Crippen LogP contribution in [0.5, 0.6) is 0 Å². The van der Waals surface area contributed by atoms with Gasteiger partial charge >= 0.3 is 0 Å². The first-order chi connectivity index (χ1) is 10.7. The minimum absolute atomic E-state index is 0.00626. The van der Waals surface area contributed by atoms with Crippen LogP contribution >= 0.6 is 11.6 Å². The van der Waals surface area contributed by atoms with Gasteiger partial charge in [0, 0.05) is 25.1 Å². The minimum Gasteiger partial charge on any atom is -0.377 e. The first kappa shape index (κ1) is 15.8. The summed E-state index contributed by atoms with van der Waals surface area (Å²) < 4.78 is 11.4. The molecule has 3 rings (SSSR count). The molecular weight excluding hydrogens is 302 g/mol. The third kappa shape index (κ3) is 3.14. The quantitative estimate of drug-likeness (QED) is 0.855. The zero-order valence-corrected chi connectivity index (χ0v) is 13.6. The third-order valence-corrected chi connectivity index (χ3v) is 5.08. The Morgan fingerprint density at radius 3 is 3.00 bits per heavy atom. The molecule has 1 saturated carbocycles. The number of carbonyl (C=O) groups is 1. The topological polar surface area (TPSA) is 38.8 Å². The lowest BCUT2D eigenvalue weighted by Gasteiger charge is -2.30. The van der Waals surface area contributed by atoms with Crippen molar-refractivity contribution in [1.82, 2.24) is 4.90 Å². The fraction of sp³-hybridized carbons (Fsp3) is 0.588. The number of methoxy groups -OCH3 is 1. The molecule has 0 radical (unpaired) electrons. The smallest absolute Gasteiger partial charge is 0.223 e. The summed E-state index contributed by atoms with van der Waals surface area (Å²) in [6.07, 6.45) is 3.21. The van der Waals surface area contributed by atoms with Crippen molar-refractivity contribution >= 4 is 17.5 Å². The molecule has 3 atom stereocenters. The molecule has 4 nitrogen and oxygen atoms in total. The van der Waals surface area contributed by atoms with Gasteiger partial charge in [-0.3, -0.25) is 4.79 Å². The molecule has 0 unspecified atom stereocenters. The molecule has 1 amide bonds. The minimum atomic E-state index is 0.00626. The van der Waals surface area contributed by atoms with Gasteiger partial charge in [0.05, 0.1) is 18.8 Å². The number of nitrogens with zero attached hydrogens (tertiary/aromatic N) is 1. The van der Waals surface area contributed by atoms with E-state index in [-0.39, 0.29) is 24.2 Å². The van der Waals surface area contributed by atoms with Crippen molar-refractivity contribution in [3.63, 3.8) is 0 Å². The molecular formula is C17H22ClNO3. The zero-order valence-electron chi connectivity index (χ0n) is 12.8. The van der Waals surface area contributed by atoms with Crippen LogP contribution in [0.4, 0.5) is 0 Å². The van der Waals surface area contributed by atoms with Crippen LogP contribution in [-0.2, 0) is 20.7 Å². The Hall–Kier alpha value is -1.10. The van der Waals surface area contributed by atoms with Gasteiger partial charge in [0.25, 0.3) is 0 Å². The van der Waals surface area contributed by atoms with E-state index in [1.807, 2.05) is 29.2 Å². The summed E-state index contributed by atoms with van der Waals surface area (Å²) in [4.78, 5) is 14.6. The van der Waals surface area contributed by atoms with E-state index in [9.17, 15) is 4.79 Å². The van der Waals surface area contributed by atoms with Gasteiger partial charge in [-0.2, -0.15) is 0 Å². The first-order valence-corrected chi connectivity index (χ1v) is 8.26. The second-order valence-corrected chi connectivity index (χ2v) is 6.34. The van der Waals surface area contributed by atoms with E-state index in [1.165, 1.54) is 0 Å². The average molecular weight is 324 g/mol. The van der Waals surface area contributed by atoms with Gasteiger partial charge in [-0.25, -0.2) is 0 Å². The van der Waals surface area contributed by atoms with Crippen molar-refractivity contribution in [1.29, 1.82) is 0 Å². The maximum Gasteiger partial charge on any atom is 0.223 e. The van der Waals surface area contributed by atoms with Crippen LogP contribution in [-0.4, -0.2) is 49.3 Å². The summed E-state index contributed by atoms with van der Waals surface area (Å²) in [5.41, 5.74) is 1.02. The van der Waals surface area contributed by atoms with Crippen LogP contribution in [0.15, 0.2) is 24.3 Å². The summed E-state index contributed by atoms with van der Waals surface area (Å²) in [5.74, 6) is 0.165. The van der Waals surface area contributed by atoms with Gasteiger partial charge in [-0.15, -0.1) is 0 Å². The lowest BCUT2D eigenvalue weighted by Crippen LogP contribution is -2.46. The number of ether oxygens (including phenoxy) is 2. The van der Waals surface area contributed by atoms with Crippen LogP contribution < -0.4 is 0 Å². The monoisotopic (exact) mass is 323 g/mol. The summed E-state index contributed by atoms with van der Waals surface area (Å²) in [6.45, 7) is 1.25. The Labute approximate surface area is 136 Å². The van der Waals surface area contributed by atoms with Gasteiger partial charge in [-0.1, -0.05) is 29.8 Å². The summed E-state index contributed by atoms with van der Waals surface area (Å²) in [5, 5.41) is 0.727. The number of carbonyl (C=O) groups excluding carboxylic acids is 1. The van der Waals surface area contributed by atoms with Crippen LogP contribution in [0.25, 0.3) is 0 Å². The lowest BCUT2D eigenvalue weighted by molar-refractivity contribution is -0.135. The van der Waals surface area contributed by atoms with Crippen molar-refractivity contribution in [3.8, 4) is 0 Å². The Bertz CT molecular complexity index is 536. The number of benzene rings is 1. The predicted molar refractivity (Wildman–Crippen MR) is 85.0 cm³/mol. The number of fused-ring (bicyclic) bond motifs is 2. The third-order valence-electron chi connectivity index (χ3n) is 4.72. The van der Waals surface area contributed by atoms with E-state index in [0.717, 1.165) is 23.4 Å². The first-order valence-electron chi connectivity index (χ1n) is 7.88. The second kappa shape index (κ2) is 6.99. The van der Waals surface area contributed by atoms with E-state index in [0.29, 0.717) is 26.0 Å². The molecule has 2 aliphatic rings. The SMILES string of the molecule is CO[C@H]1[C@H]2CC[C@H]1OCCN2C(=O)CCc1ccccc1Cl. The van der Waals surface area contributed by atoms with Crippen molar-refractivity contribution in [2.75, 3.05) is 20.3 Å². The normalized spacial score (nSPS) is 27.7. The highest BCUT2D eigenvalue weighted by Crippen LogP contribution is 2.32. The highest BCUT2D eigenvalue weighted by Gasteiger charge is 2.43. The molecule has 1 heterocycles. The number of hydrogen-bond donors (Lipinski definition) is 0. The van der Waals surface area contributed by atoms with Crippen LogP contribution in [0.1, 0.15) is 24.8 Å². The molecule has 0 aromatic heterocycles. The highest BCUT2D eigenvalue weighted by atomic mass is 35.5. The van der Waals surface area contributed by atoms with E-state index < -0.39 is 0 Å². The van der Waals surface area contributed by atoms with Gasteiger partial charge in [0.2, 0.25) is 5.91 Å². The fourth-order valence-corrected chi connectivity index (χ4v) is 3.83. The maximum atomic E-state index is 12.7. The number of aryl methyl sites for hydroxylation is 1. The molecule has 0 N–H and O–H groups in total. The molecule has 1 aromatic carbocycles. The number of hydrogen-bond acceptors (Lipinski definition) is 3. The van der Waals surface area contributed by atoms with Crippen LogP contribution in [0.2, 0.25) is 5.02 Å². The number of amides is 1. The largest absolute Gasteiger partial charge is 0.377 e. The van der Waals surface area contributed by atoms with Crippen molar-refractivity contribution in [2.45, 2.75) is 43.9 Å². The van der Waals surface area contributed by atoms with E-state index in [4.69, 9.17) is 21.1 Å². The van der Waals surface area contributed by atoms with Crippen molar-refractivity contribution in [3.05, 3.63) is 34.9 Å². The molecule has 2 bridgehead atoms. The molecule has 1 aliphatic carbocycles. The molecule has 0 spiro atoms. The standard InChI is InChI=1S/C17H22ClNO3/c1-21-17-14-7-8-15(17)22-11-10-19(14)16(20)9-6-12-4-2-3-5-13(12)18/h2-5,14-15,17H,6-11H2,1H3/t14-,15-,17+/m1/s1. The van der Waals surface area contributed by atoms with E-state index in [2.05, 4.69) is 0 Å². The van der Waals surface area contributed by atoms with Crippen LogP contribution in [0, 0.1) is 0 Å². The Morgan fingerprint density at radius 1 is 1.41 bits per heavy atom. The van der Waals surface area contributed by atoms with Gasteiger partial charge < -0.3 is 14.4 Å². The van der Waals surface area contributed by atoms with E-state index in [1.54, 1.807) is 7.11 Å². The fourth-order valence-electron chi connectivity index (χ4n) is 3.60. The average Bonchev–Trinajstić information content (AvgIpc) is 2.81. The predicted octanol–water partition coefficient (Wildman–Crippen LogP) is 2.68. The van der Waals surface area contributed by atoms with Crippen molar-refractivity contribution in [2.24, 2.45) is 0 Å². The summed E-state index contributed by atoms with van der Waals surface area (Å²) in [7, 11) is 1.71. The van der Waals surface area contributed by atoms with Crippen molar-refractivity contribution < 1.29 is 14.3 Å².